The van der Waals surface area contributed by atoms with Crippen LogP contribution in [0.5, 0.6) is 0 Å². The number of carboxylic acids is 1. The fraction of sp³-hybridized carbons (Fsp3) is 0.304. The summed E-state index contributed by atoms with van der Waals surface area (Å²) in [5.41, 5.74) is 1.66. The molecule has 2 aromatic carbocycles. The third kappa shape index (κ3) is 5.35. The van der Waals surface area contributed by atoms with Gasteiger partial charge >= 0.3 is 5.97 Å². The molecule has 3 atom stereocenters. The molecule has 1 aliphatic heterocycles. The van der Waals surface area contributed by atoms with Crippen molar-refractivity contribution in [2.75, 3.05) is 6.54 Å². The molecule has 162 valence electrons. The molecule has 1 aliphatic rings. The number of aliphatic hydroxyl groups is 1. The maximum atomic E-state index is 12.6. The third-order valence-electron chi connectivity index (χ3n) is 5.29. The van der Waals surface area contributed by atoms with E-state index in [1.54, 1.807) is 48.5 Å². The maximum absolute atomic E-state index is 12.6. The van der Waals surface area contributed by atoms with E-state index < -0.39 is 30.1 Å². The van der Waals surface area contributed by atoms with Crippen LogP contribution >= 0.6 is 0 Å². The molecule has 0 unspecified atom stereocenters. The Balaban J connectivity index is 1.67. The first-order chi connectivity index (χ1) is 14.8. The van der Waals surface area contributed by atoms with E-state index in [9.17, 15) is 29.4 Å². The van der Waals surface area contributed by atoms with Gasteiger partial charge in [-0.25, -0.2) is 4.79 Å². The Morgan fingerprint density at radius 3 is 2.23 bits per heavy atom. The van der Waals surface area contributed by atoms with Crippen LogP contribution in [0.1, 0.15) is 34.8 Å². The lowest BCUT2D eigenvalue weighted by molar-refractivity contribution is -0.143. The van der Waals surface area contributed by atoms with Crippen molar-refractivity contribution in [2.45, 2.75) is 38.0 Å². The molecule has 2 amide bonds. The van der Waals surface area contributed by atoms with Crippen LogP contribution in [0, 0.1) is 0 Å². The normalized spacial score (nSPS) is 19.0. The molecule has 0 spiro atoms. The summed E-state index contributed by atoms with van der Waals surface area (Å²) < 4.78 is 0. The monoisotopic (exact) mass is 424 g/mol. The van der Waals surface area contributed by atoms with Crippen LogP contribution in [-0.2, 0) is 20.8 Å². The molecule has 3 N–H and O–H groups in total. The Morgan fingerprint density at radius 1 is 1.03 bits per heavy atom. The van der Waals surface area contributed by atoms with Crippen molar-refractivity contribution in [2.24, 2.45) is 0 Å². The highest BCUT2D eigenvalue weighted by Crippen LogP contribution is 2.19. The molecular weight excluding hydrogens is 400 g/mol. The van der Waals surface area contributed by atoms with Gasteiger partial charge in [-0.15, -0.1) is 0 Å². The Kier molecular flexibility index (Phi) is 6.81. The second kappa shape index (κ2) is 9.53. The molecule has 3 rings (SSSR count). The number of carbonyl (C=O) groups is 4. The molecule has 0 saturated carbocycles. The van der Waals surface area contributed by atoms with Gasteiger partial charge in [-0.05, 0) is 5.56 Å². The standard InChI is InChI=1S/C23H24N2O6/c1-14(26)25-13-18(27)12-20(25)22(29)24-19(23(30)31)11-15-7-9-17(10-8-15)21(28)16-5-3-2-4-6-16/h2-10,18-20,27H,11-13H2,1H3,(H,24,29)(H,30,31)/t18-,19-,20+/m1/s1. The van der Waals surface area contributed by atoms with Crippen LogP contribution in [0.2, 0.25) is 0 Å². The second-order valence-corrected chi connectivity index (χ2v) is 7.57. The molecule has 0 radical (unpaired) electrons. The summed E-state index contributed by atoms with van der Waals surface area (Å²) in [5, 5.41) is 21.8. The lowest BCUT2D eigenvalue weighted by atomic mass is 9.99. The van der Waals surface area contributed by atoms with Crippen molar-refractivity contribution < 1.29 is 29.4 Å². The van der Waals surface area contributed by atoms with Crippen molar-refractivity contribution in [3.63, 3.8) is 0 Å². The van der Waals surface area contributed by atoms with Crippen LogP contribution in [0.4, 0.5) is 0 Å². The number of benzene rings is 2. The van der Waals surface area contributed by atoms with Gasteiger partial charge in [0.2, 0.25) is 11.8 Å². The number of likely N-dealkylation sites (tertiary alicyclic amines) is 1. The molecule has 0 aromatic heterocycles. The number of amides is 2. The average Bonchev–Trinajstić information content (AvgIpc) is 3.16. The molecule has 1 saturated heterocycles. The minimum absolute atomic E-state index is 0.0101. The van der Waals surface area contributed by atoms with Gasteiger partial charge in [-0.2, -0.15) is 0 Å². The zero-order valence-electron chi connectivity index (χ0n) is 17.0. The predicted molar refractivity (Wildman–Crippen MR) is 111 cm³/mol. The second-order valence-electron chi connectivity index (χ2n) is 7.57. The quantitative estimate of drug-likeness (QED) is 0.570. The minimum atomic E-state index is -1.22. The average molecular weight is 424 g/mol. The minimum Gasteiger partial charge on any atom is -0.480 e. The fourth-order valence-corrected chi connectivity index (χ4v) is 3.66. The molecule has 0 aliphatic carbocycles. The fourth-order valence-electron chi connectivity index (χ4n) is 3.66. The highest BCUT2D eigenvalue weighted by Gasteiger charge is 2.38. The highest BCUT2D eigenvalue weighted by molar-refractivity contribution is 6.08. The number of carboxylic acid groups (broad SMARTS) is 1. The molecule has 0 bridgehead atoms. The van der Waals surface area contributed by atoms with Gasteiger partial charge in [0.05, 0.1) is 6.10 Å². The number of rotatable bonds is 7. The van der Waals surface area contributed by atoms with Crippen LogP contribution in [-0.4, -0.2) is 63.4 Å². The number of nitrogens with zero attached hydrogens (tertiary/aromatic N) is 1. The van der Waals surface area contributed by atoms with Crippen molar-refractivity contribution in [1.82, 2.24) is 10.2 Å². The van der Waals surface area contributed by atoms with Gasteiger partial charge in [-0.3, -0.25) is 14.4 Å². The summed E-state index contributed by atoms with van der Waals surface area (Å²) in [5.74, 6) is -2.33. The van der Waals surface area contributed by atoms with Crippen LogP contribution in [0.3, 0.4) is 0 Å². The maximum Gasteiger partial charge on any atom is 0.326 e. The zero-order chi connectivity index (χ0) is 22.5. The molecular formula is C23H24N2O6. The number of aliphatic carboxylic acids is 1. The molecule has 2 aromatic rings. The predicted octanol–water partition coefficient (Wildman–Crippen LogP) is 1.01. The Hall–Kier alpha value is -3.52. The summed E-state index contributed by atoms with van der Waals surface area (Å²) in [6, 6.07) is 13.2. The van der Waals surface area contributed by atoms with E-state index in [1.807, 2.05) is 6.07 Å². The van der Waals surface area contributed by atoms with Crippen molar-refractivity contribution in [1.29, 1.82) is 0 Å². The SMILES string of the molecule is CC(=O)N1C[C@H](O)C[C@H]1C(=O)N[C@H](Cc1ccc(C(=O)c2ccccc2)cc1)C(=O)O. The number of carbonyl (C=O) groups excluding carboxylic acids is 3. The van der Waals surface area contributed by atoms with Crippen LogP contribution in [0.15, 0.2) is 54.6 Å². The Morgan fingerprint density at radius 2 is 1.65 bits per heavy atom. The van der Waals surface area contributed by atoms with E-state index in [2.05, 4.69) is 5.32 Å². The van der Waals surface area contributed by atoms with Gasteiger partial charge in [0, 0.05) is 37.4 Å². The lowest BCUT2D eigenvalue weighted by Crippen LogP contribution is -2.51. The van der Waals surface area contributed by atoms with Gasteiger partial charge in [0.25, 0.3) is 0 Å². The number of nitrogens with one attached hydrogen (secondary N) is 1. The van der Waals surface area contributed by atoms with E-state index in [4.69, 9.17) is 0 Å². The first-order valence-corrected chi connectivity index (χ1v) is 9.93. The number of aliphatic hydroxyl groups excluding tert-OH is 1. The Bertz CT molecular complexity index is 973. The van der Waals surface area contributed by atoms with Gasteiger partial charge < -0.3 is 20.4 Å². The van der Waals surface area contributed by atoms with Crippen LogP contribution < -0.4 is 5.32 Å². The Labute approximate surface area is 179 Å². The molecule has 31 heavy (non-hydrogen) atoms. The van der Waals surface area contributed by atoms with Gasteiger partial charge in [0.1, 0.15) is 12.1 Å². The van der Waals surface area contributed by atoms with Crippen molar-refractivity contribution in [3.05, 3.63) is 71.3 Å². The van der Waals surface area contributed by atoms with E-state index in [0.717, 1.165) is 0 Å². The lowest BCUT2D eigenvalue weighted by Gasteiger charge is -2.24. The molecule has 8 heteroatoms. The summed E-state index contributed by atoms with van der Waals surface area (Å²) in [6.45, 7) is 1.34. The summed E-state index contributed by atoms with van der Waals surface area (Å²) in [6.07, 6.45) is -0.748. The molecule has 1 heterocycles. The van der Waals surface area contributed by atoms with Crippen LogP contribution in [0.25, 0.3) is 0 Å². The zero-order valence-corrected chi connectivity index (χ0v) is 17.0. The molecule has 8 nitrogen and oxygen atoms in total. The van der Waals surface area contributed by atoms with Crippen molar-refractivity contribution in [3.8, 4) is 0 Å². The number of ketones is 1. The third-order valence-corrected chi connectivity index (χ3v) is 5.29. The number of hydrogen-bond acceptors (Lipinski definition) is 5. The van der Waals surface area contributed by atoms with Crippen molar-refractivity contribution >= 4 is 23.6 Å². The summed E-state index contributed by atoms with van der Waals surface area (Å²) in [7, 11) is 0. The van der Waals surface area contributed by atoms with E-state index in [-0.39, 0.29) is 31.1 Å². The van der Waals surface area contributed by atoms with Gasteiger partial charge in [-0.1, -0.05) is 54.6 Å². The summed E-state index contributed by atoms with van der Waals surface area (Å²) >= 11 is 0. The number of hydrogen-bond donors (Lipinski definition) is 3. The largest absolute Gasteiger partial charge is 0.480 e. The summed E-state index contributed by atoms with van der Waals surface area (Å²) in [4.78, 5) is 49.7. The molecule has 1 fully saturated rings. The van der Waals surface area contributed by atoms with E-state index >= 15 is 0 Å². The van der Waals surface area contributed by atoms with E-state index in [0.29, 0.717) is 16.7 Å². The van der Waals surface area contributed by atoms with E-state index in [1.165, 1.54) is 11.8 Å². The first-order valence-electron chi connectivity index (χ1n) is 9.93. The van der Waals surface area contributed by atoms with Gasteiger partial charge in [0.15, 0.2) is 5.78 Å². The topological polar surface area (TPSA) is 124 Å². The smallest absolute Gasteiger partial charge is 0.326 e. The first kappa shape index (κ1) is 22.2. The number of β-amino-alcohol motifs (C(OH)–C–C–N with tert-alkyl or cyclic N) is 1. The highest BCUT2D eigenvalue weighted by atomic mass is 16.4.